The van der Waals surface area contributed by atoms with E-state index in [1.54, 1.807) is 0 Å². The molecule has 0 aliphatic carbocycles. The molecule has 1 aromatic carbocycles. The van der Waals surface area contributed by atoms with Crippen molar-refractivity contribution in [3.63, 3.8) is 0 Å². The normalized spacial score (nSPS) is 11.4. The summed E-state index contributed by atoms with van der Waals surface area (Å²) >= 11 is 3.04. The quantitative estimate of drug-likeness (QED) is 0.605. The number of hydrogen-bond acceptors (Lipinski definition) is 2. The third-order valence-corrected chi connectivity index (χ3v) is 2.94. The van der Waals surface area contributed by atoms with Gasteiger partial charge in [-0.15, -0.1) is 0 Å². The molecule has 18 heavy (non-hydrogen) atoms. The third kappa shape index (κ3) is 4.01. The SMILES string of the molecule is CCCCOC(=O)c1cc(C(F)(F)F)ccc1Br. The Labute approximate surface area is 111 Å². The first-order chi connectivity index (χ1) is 8.36. The third-order valence-electron chi connectivity index (χ3n) is 2.24. The van der Waals surface area contributed by atoms with Crippen LogP contribution in [0.2, 0.25) is 0 Å². The van der Waals surface area contributed by atoms with Gasteiger partial charge in [-0.05, 0) is 40.5 Å². The van der Waals surface area contributed by atoms with Crippen LogP contribution in [0.15, 0.2) is 22.7 Å². The molecule has 0 spiro atoms. The molecule has 1 rings (SSSR count). The number of alkyl halides is 3. The first kappa shape index (κ1) is 15.0. The Kier molecular flexibility index (Phi) is 5.19. The number of rotatable bonds is 4. The van der Waals surface area contributed by atoms with E-state index in [1.807, 2.05) is 6.92 Å². The molecule has 6 heteroatoms. The molecule has 0 bridgehead atoms. The summed E-state index contributed by atoms with van der Waals surface area (Å²) in [6, 6.07) is 2.89. The molecule has 0 aliphatic heterocycles. The van der Waals surface area contributed by atoms with Gasteiger partial charge in [0.1, 0.15) is 0 Å². The predicted octanol–water partition coefficient (Wildman–Crippen LogP) is 4.42. The van der Waals surface area contributed by atoms with Crippen LogP contribution in [0, 0.1) is 0 Å². The highest BCUT2D eigenvalue weighted by atomic mass is 79.9. The Balaban J connectivity index is 2.90. The molecule has 0 saturated carbocycles. The van der Waals surface area contributed by atoms with Gasteiger partial charge in [0.2, 0.25) is 0 Å². The Morgan fingerprint density at radius 2 is 2.06 bits per heavy atom. The summed E-state index contributed by atoms with van der Waals surface area (Å²) in [5, 5.41) is 0. The fraction of sp³-hybridized carbons (Fsp3) is 0.417. The summed E-state index contributed by atoms with van der Waals surface area (Å²) in [6.45, 7) is 2.13. The lowest BCUT2D eigenvalue weighted by Crippen LogP contribution is -2.11. The van der Waals surface area contributed by atoms with Gasteiger partial charge in [-0.3, -0.25) is 0 Å². The van der Waals surface area contributed by atoms with E-state index in [4.69, 9.17) is 4.74 Å². The van der Waals surface area contributed by atoms with Crippen molar-refractivity contribution >= 4 is 21.9 Å². The molecule has 100 valence electrons. The average Bonchev–Trinajstić information content (AvgIpc) is 2.28. The Morgan fingerprint density at radius 1 is 1.39 bits per heavy atom. The van der Waals surface area contributed by atoms with Gasteiger partial charge in [-0.1, -0.05) is 13.3 Å². The Morgan fingerprint density at radius 3 is 2.61 bits per heavy atom. The number of halogens is 4. The molecule has 0 radical (unpaired) electrons. The molecule has 1 aromatic rings. The molecule has 0 aliphatic rings. The zero-order valence-corrected chi connectivity index (χ0v) is 11.3. The van der Waals surface area contributed by atoms with Crippen LogP contribution in [0.4, 0.5) is 13.2 Å². The first-order valence-corrected chi connectivity index (χ1v) is 6.19. The minimum absolute atomic E-state index is 0.110. The second-order valence-corrected chi connectivity index (χ2v) is 4.54. The van der Waals surface area contributed by atoms with E-state index in [9.17, 15) is 18.0 Å². The summed E-state index contributed by atoms with van der Waals surface area (Å²) in [5.74, 6) is -0.749. The zero-order chi connectivity index (χ0) is 13.8. The smallest absolute Gasteiger partial charge is 0.416 e. The number of hydrogen-bond donors (Lipinski definition) is 0. The van der Waals surface area contributed by atoms with Gasteiger partial charge in [-0.2, -0.15) is 13.2 Å². The topological polar surface area (TPSA) is 26.3 Å². The van der Waals surface area contributed by atoms with Gasteiger partial charge in [0, 0.05) is 4.47 Å². The summed E-state index contributed by atoms with van der Waals surface area (Å²) in [4.78, 5) is 11.6. The largest absolute Gasteiger partial charge is 0.462 e. The van der Waals surface area contributed by atoms with Crippen molar-refractivity contribution in [2.75, 3.05) is 6.61 Å². The van der Waals surface area contributed by atoms with E-state index in [2.05, 4.69) is 15.9 Å². The van der Waals surface area contributed by atoms with Crippen LogP contribution < -0.4 is 0 Å². The molecule has 0 aromatic heterocycles. The second-order valence-electron chi connectivity index (χ2n) is 3.68. The van der Waals surface area contributed by atoms with Gasteiger partial charge in [0.25, 0.3) is 0 Å². The zero-order valence-electron chi connectivity index (χ0n) is 9.68. The average molecular weight is 325 g/mol. The molecular weight excluding hydrogens is 313 g/mol. The fourth-order valence-electron chi connectivity index (χ4n) is 1.24. The second kappa shape index (κ2) is 6.22. The maximum Gasteiger partial charge on any atom is 0.416 e. The summed E-state index contributed by atoms with van der Waals surface area (Å²) in [7, 11) is 0. The number of ether oxygens (including phenoxy) is 1. The van der Waals surface area contributed by atoms with Crippen molar-refractivity contribution in [2.24, 2.45) is 0 Å². The van der Waals surface area contributed by atoms with Crippen molar-refractivity contribution in [3.05, 3.63) is 33.8 Å². The number of esters is 1. The molecule has 0 unspecified atom stereocenters. The monoisotopic (exact) mass is 324 g/mol. The van der Waals surface area contributed by atoms with Gasteiger partial charge in [0.05, 0.1) is 17.7 Å². The van der Waals surface area contributed by atoms with Gasteiger partial charge >= 0.3 is 12.1 Å². The van der Waals surface area contributed by atoms with E-state index in [-0.39, 0.29) is 16.6 Å². The van der Waals surface area contributed by atoms with Crippen LogP contribution in [0.25, 0.3) is 0 Å². The molecule has 0 amide bonds. The maximum absolute atomic E-state index is 12.5. The molecule has 0 atom stereocenters. The van der Waals surface area contributed by atoms with E-state index < -0.39 is 17.7 Å². The molecule has 0 saturated heterocycles. The summed E-state index contributed by atoms with van der Waals surface area (Å²) < 4.78 is 42.7. The number of carbonyl (C=O) groups excluding carboxylic acids is 1. The van der Waals surface area contributed by atoms with Crippen LogP contribution in [-0.4, -0.2) is 12.6 Å². The highest BCUT2D eigenvalue weighted by Crippen LogP contribution is 2.32. The van der Waals surface area contributed by atoms with Crippen LogP contribution in [0.5, 0.6) is 0 Å². The molecule has 0 fully saturated rings. The number of benzene rings is 1. The lowest BCUT2D eigenvalue weighted by atomic mass is 10.1. The van der Waals surface area contributed by atoms with Crippen LogP contribution in [-0.2, 0) is 10.9 Å². The van der Waals surface area contributed by atoms with E-state index in [0.717, 1.165) is 18.6 Å². The first-order valence-electron chi connectivity index (χ1n) is 5.40. The molecule has 2 nitrogen and oxygen atoms in total. The number of unbranched alkanes of at least 4 members (excludes halogenated alkanes) is 1. The standard InChI is InChI=1S/C12H12BrF3O2/c1-2-3-6-18-11(17)9-7-8(12(14,15)16)4-5-10(9)13/h4-5,7H,2-3,6H2,1H3. The predicted molar refractivity (Wildman–Crippen MR) is 64.3 cm³/mol. The maximum atomic E-state index is 12.5. The van der Waals surface area contributed by atoms with E-state index in [1.165, 1.54) is 6.07 Å². The van der Waals surface area contributed by atoms with Gasteiger partial charge in [0.15, 0.2) is 0 Å². The van der Waals surface area contributed by atoms with Gasteiger partial charge in [-0.25, -0.2) is 4.79 Å². The molecule has 0 N–H and O–H groups in total. The van der Waals surface area contributed by atoms with Crippen LogP contribution in [0.1, 0.15) is 35.7 Å². The highest BCUT2D eigenvalue weighted by Gasteiger charge is 2.31. The molecular formula is C12H12BrF3O2. The van der Waals surface area contributed by atoms with Crippen molar-refractivity contribution in [1.82, 2.24) is 0 Å². The van der Waals surface area contributed by atoms with E-state index >= 15 is 0 Å². The lowest BCUT2D eigenvalue weighted by molar-refractivity contribution is -0.137. The Hall–Kier alpha value is -1.04. The summed E-state index contributed by atoms with van der Waals surface area (Å²) in [6.07, 6.45) is -2.95. The minimum Gasteiger partial charge on any atom is -0.462 e. The van der Waals surface area contributed by atoms with Crippen LogP contribution >= 0.6 is 15.9 Å². The summed E-state index contributed by atoms with van der Waals surface area (Å²) in [5.41, 5.74) is -0.978. The number of carbonyl (C=O) groups is 1. The van der Waals surface area contributed by atoms with Crippen LogP contribution in [0.3, 0.4) is 0 Å². The van der Waals surface area contributed by atoms with Gasteiger partial charge < -0.3 is 4.74 Å². The van der Waals surface area contributed by atoms with Crippen molar-refractivity contribution in [2.45, 2.75) is 25.9 Å². The van der Waals surface area contributed by atoms with E-state index in [0.29, 0.717) is 6.42 Å². The van der Waals surface area contributed by atoms with Crippen molar-refractivity contribution in [1.29, 1.82) is 0 Å². The minimum atomic E-state index is -4.47. The Bertz CT molecular complexity index is 430. The lowest BCUT2D eigenvalue weighted by Gasteiger charge is -2.10. The van der Waals surface area contributed by atoms with Crippen molar-refractivity contribution < 1.29 is 22.7 Å². The molecule has 0 heterocycles. The fourth-order valence-corrected chi connectivity index (χ4v) is 1.65. The van der Waals surface area contributed by atoms with Crippen molar-refractivity contribution in [3.8, 4) is 0 Å². The highest BCUT2D eigenvalue weighted by molar-refractivity contribution is 9.10.